The Hall–Kier alpha value is -2.82. The molecular formula is C21H25N3O2. The molecule has 3 amide bonds. The summed E-state index contributed by atoms with van der Waals surface area (Å²) in [5.74, 6) is 0.218. The van der Waals surface area contributed by atoms with Gasteiger partial charge in [-0.05, 0) is 49.4 Å². The molecule has 1 aliphatic carbocycles. The first-order valence-corrected chi connectivity index (χ1v) is 9.09. The van der Waals surface area contributed by atoms with Crippen molar-refractivity contribution < 1.29 is 9.59 Å². The van der Waals surface area contributed by atoms with E-state index in [1.165, 1.54) is 5.56 Å². The van der Waals surface area contributed by atoms with Crippen LogP contribution in [-0.2, 0) is 11.2 Å². The summed E-state index contributed by atoms with van der Waals surface area (Å²) in [5.41, 5.74) is 2.67. The average Bonchev–Trinajstić information content (AvgIpc) is 3.48. The van der Waals surface area contributed by atoms with Crippen molar-refractivity contribution in [2.45, 2.75) is 25.7 Å². The van der Waals surface area contributed by atoms with E-state index in [0.717, 1.165) is 25.7 Å². The normalized spacial score (nSPS) is 13.1. The van der Waals surface area contributed by atoms with Gasteiger partial charge < -0.3 is 15.5 Å². The lowest BCUT2D eigenvalue weighted by atomic mass is 10.1. The first-order valence-electron chi connectivity index (χ1n) is 9.09. The number of rotatable bonds is 7. The number of carbonyl (C=O) groups is 2. The Bertz CT molecular complexity index is 757. The number of benzene rings is 2. The number of nitrogens with zero attached hydrogens (tertiary/aromatic N) is 1. The Kier molecular flexibility index (Phi) is 5.89. The van der Waals surface area contributed by atoms with Gasteiger partial charge in [0.2, 0.25) is 5.91 Å². The van der Waals surface area contributed by atoms with E-state index in [9.17, 15) is 9.59 Å². The minimum absolute atomic E-state index is 0.0616. The van der Waals surface area contributed by atoms with Crippen LogP contribution in [0.4, 0.5) is 16.2 Å². The molecule has 0 radical (unpaired) electrons. The van der Waals surface area contributed by atoms with Crippen LogP contribution in [0.25, 0.3) is 0 Å². The summed E-state index contributed by atoms with van der Waals surface area (Å²) >= 11 is 0. The molecule has 0 saturated heterocycles. The second-order valence-corrected chi connectivity index (χ2v) is 6.79. The van der Waals surface area contributed by atoms with E-state index < -0.39 is 0 Å². The predicted octanol–water partition coefficient (Wildman–Crippen LogP) is 4.13. The molecule has 2 aromatic rings. The number of aryl methyl sites for hydroxylation is 1. The third kappa shape index (κ3) is 5.34. The maximum atomic E-state index is 12.3. The highest BCUT2D eigenvalue weighted by molar-refractivity contribution is 5.95. The lowest BCUT2D eigenvalue weighted by Crippen LogP contribution is -2.32. The number of hydrogen-bond donors (Lipinski definition) is 2. The molecule has 5 heteroatoms. The lowest BCUT2D eigenvalue weighted by molar-refractivity contribution is -0.117. The highest BCUT2D eigenvalue weighted by Crippen LogP contribution is 2.30. The molecule has 1 aliphatic rings. The minimum atomic E-state index is -0.149. The molecule has 0 aliphatic heterocycles. The Labute approximate surface area is 154 Å². The molecule has 0 spiro atoms. The van der Waals surface area contributed by atoms with Gasteiger partial charge in [0.05, 0.1) is 0 Å². The van der Waals surface area contributed by atoms with Crippen LogP contribution in [0.2, 0.25) is 0 Å². The Morgan fingerprint density at radius 1 is 1.00 bits per heavy atom. The van der Waals surface area contributed by atoms with E-state index in [2.05, 4.69) is 22.8 Å². The van der Waals surface area contributed by atoms with Gasteiger partial charge in [0, 0.05) is 30.9 Å². The van der Waals surface area contributed by atoms with Crippen LogP contribution >= 0.6 is 0 Å². The van der Waals surface area contributed by atoms with Crippen LogP contribution < -0.4 is 10.6 Å². The third-order valence-electron chi connectivity index (χ3n) is 4.48. The fraction of sp³-hybridized carbons (Fsp3) is 0.333. The quantitative estimate of drug-likeness (QED) is 0.788. The van der Waals surface area contributed by atoms with Gasteiger partial charge in [0.1, 0.15) is 0 Å². The molecule has 0 bridgehead atoms. The number of anilines is 2. The van der Waals surface area contributed by atoms with Crippen molar-refractivity contribution in [1.29, 1.82) is 0 Å². The SMILES string of the molecule is CN(CCCc1ccccc1)C(=O)Nc1cccc(NC(=O)C2CC2)c1. The van der Waals surface area contributed by atoms with E-state index in [4.69, 9.17) is 0 Å². The summed E-state index contributed by atoms with van der Waals surface area (Å²) in [6.45, 7) is 0.679. The summed E-state index contributed by atoms with van der Waals surface area (Å²) in [7, 11) is 1.79. The third-order valence-corrected chi connectivity index (χ3v) is 4.48. The van der Waals surface area contributed by atoms with E-state index in [0.29, 0.717) is 17.9 Å². The van der Waals surface area contributed by atoms with Crippen molar-refractivity contribution in [3.8, 4) is 0 Å². The average molecular weight is 351 g/mol. The molecule has 5 nitrogen and oxygen atoms in total. The Balaban J connectivity index is 1.46. The lowest BCUT2D eigenvalue weighted by Gasteiger charge is -2.18. The van der Waals surface area contributed by atoms with Crippen molar-refractivity contribution in [2.75, 3.05) is 24.2 Å². The number of urea groups is 1. The van der Waals surface area contributed by atoms with Crippen molar-refractivity contribution in [3.63, 3.8) is 0 Å². The van der Waals surface area contributed by atoms with Crippen LogP contribution in [0.15, 0.2) is 54.6 Å². The largest absolute Gasteiger partial charge is 0.328 e. The van der Waals surface area contributed by atoms with Crippen LogP contribution in [-0.4, -0.2) is 30.4 Å². The first kappa shape index (κ1) is 18.0. The van der Waals surface area contributed by atoms with E-state index in [1.807, 2.05) is 36.4 Å². The van der Waals surface area contributed by atoms with Gasteiger partial charge in [-0.15, -0.1) is 0 Å². The number of carbonyl (C=O) groups excluding carboxylic acids is 2. The molecule has 3 rings (SSSR count). The molecule has 0 aromatic heterocycles. The van der Waals surface area contributed by atoms with Crippen molar-refractivity contribution >= 4 is 23.3 Å². The molecule has 26 heavy (non-hydrogen) atoms. The van der Waals surface area contributed by atoms with Crippen LogP contribution in [0.5, 0.6) is 0 Å². The first-order chi connectivity index (χ1) is 12.6. The molecular weight excluding hydrogens is 326 g/mol. The molecule has 2 aromatic carbocycles. The predicted molar refractivity (Wildman–Crippen MR) is 104 cm³/mol. The second kappa shape index (κ2) is 8.52. The van der Waals surface area contributed by atoms with Crippen molar-refractivity contribution in [1.82, 2.24) is 4.90 Å². The maximum Gasteiger partial charge on any atom is 0.321 e. The van der Waals surface area contributed by atoms with Crippen LogP contribution in [0, 0.1) is 5.92 Å². The van der Waals surface area contributed by atoms with Gasteiger partial charge in [-0.2, -0.15) is 0 Å². The highest BCUT2D eigenvalue weighted by atomic mass is 16.2. The molecule has 0 unspecified atom stereocenters. The molecule has 136 valence electrons. The van der Waals surface area contributed by atoms with Gasteiger partial charge >= 0.3 is 6.03 Å². The summed E-state index contributed by atoms with van der Waals surface area (Å²) in [6, 6.07) is 17.4. The van der Waals surface area contributed by atoms with Gasteiger partial charge in [0.15, 0.2) is 0 Å². The van der Waals surface area contributed by atoms with Gasteiger partial charge in [-0.25, -0.2) is 4.79 Å². The zero-order valence-electron chi connectivity index (χ0n) is 15.1. The fourth-order valence-corrected chi connectivity index (χ4v) is 2.75. The topological polar surface area (TPSA) is 61.4 Å². The van der Waals surface area contributed by atoms with Crippen LogP contribution in [0.1, 0.15) is 24.8 Å². The molecule has 1 saturated carbocycles. The number of nitrogens with one attached hydrogen (secondary N) is 2. The molecule has 0 atom stereocenters. The zero-order chi connectivity index (χ0) is 18.4. The Morgan fingerprint density at radius 2 is 1.69 bits per heavy atom. The monoisotopic (exact) mass is 351 g/mol. The minimum Gasteiger partial charge on any atom is -0.328 e. The summed E-state index contributed by atoms with van der Waals surface area (Å²) in [6.07, 6.45) is 3.79. The van der Waals surface area contributed by atoms with E-state index in [-0.39, 0.29) is 17.9 Å². The second-order valence-electron chi connectivity index (χ2n) is 6.79. The van der Waals surface area contributed by atoms with Crippen LogP contribution in [0.3, 0.4) is 0 Å². The highest BCUT2D eigenvalue weighted by Gasteiger charge is 2.29. The van der Waals surface area contributed by atoms with E-state index >= 15 is 0 Å². The Morgan fingerprint density at radius 3 is 2.38 bits per heavy atom. The standard InChI is InChI=1S/C21H25N3O2/c1-24(14-6-9-16-7-3-2-4-8-16)21(26)23-19-11-5-10-18(15-19)22-20(25)17-12-13-17/h2-5,7-8,10-11,15,17H,6,9,12-14H2,1H3,(H,22,25)(H,23,26). The summed E-state index contributed by atoms with van der Waals surface area (Å²) in [4.78, 5) is 25.9. The summed E-state index contributed by atoms with van der Waals surface area (Å²) in [5, 5.41) is 5.78. The summed E-state index contributed by atoms with van der Waals surface area (Å²) < 4.78 is 0. The van der Waals surface area contributed by atoms with Gasteiger partial charge in [-0.1, -0.05) is 36.4 Å². The molecule has 2 N–H and O–H groups in total. The van der Waals surface area contributed by atoms with Crippen molar-refractivity contribution in [2.24, 2.45) is 5.92 Å². The van der Waals surface area contributed by atoms with E-state index in [1.54, 1.807) is 18.0 Å². The molecule has 0 heterocycles. The number of hydrogen-bond acceptors (Lipinski definition) is 2. The maximum absolute atomic E-state index is 12.3. The zero-order valence-corrected chi connectivity index (χ0v) is 15.1. The smallest absolute Gasteiger partial charge is 0.321 e. The number of amides is 3. The fourth-order valence-electron chi connectivity index (χ4n) is 2.75. The molecule has 1 fully saturated rings. The van der Waals surface area contributed by atoms with Gasteiger partial charge in [0.25, 0.3) is 0 Å². The van der Waals surface area contributed by atoms with Crippen molar-refractivity contribution in [3.05, 3.63) is 60.2 Å². The van der Waals surface area contributed by atoms with Gasteiger partial charge in [-0.3, -0.25) is 4.79 Å².